The molecule has 1 aliphatic carbocycles. The fourth-order valence-electron chi connectivity index (χ4n) is 3.29. The average Bonchev–Trinajstić information content (AvgIpc) is 2.55. The molecule has 4 nitrogen and oxygen atoms in total. The van der Waals surface area contributed by atoms with Gasteiger partial charge in [0.05, 0.1) is 20.8 Å². The van der Waals surface area contributed by atoms with Crippen LogP contribution in [-0.2, 0) is 9.53 Å². The van der Waals surface area contributed by atoms with Crippen molar-refractivity contribution < 1.29 is 19.0 Å². The van der Waals surface area contributed by atoms with Crippen molar-refractivity contribution in [1.82, 2.24) is 0 Å². The van der Waals surface area contributed by atoms with Gasteiger partial charge in [-0.3, -0.25) is 4.79 Å². The summed E-state index contributed by atoms with van der Waals surface area (Å²) in [6.45, 7) is 2.32. The van der Waals surface area contributed by atoms with Gasteiger partial charge in [-0.05, 0) is 56.1 Å². The lowest BCUT2D eigenvalue weighted by atomic mass is 9.77. The molecule has 22 heavy (non-hydrogen) atoms. The van der Waals surface area contributed by atoms with Crippen molar-refractivity contribution in [3.63, 3.8) is 0 Å². The van der Waals surface area contributed by atoms with Gasteiger partial charge in [-0.15, -0.1) is 0 Å². The molecule has 0 heterocycles. The zero-order valence-electron chi connectivity index (χ0n) is 13.8. The molecule has 2 rings (SSSR count). The molecule has 0 N–H and O–H groups in total. The van der Waals surface area contributed by atoms with Crippen LogP contribution in [0.3, 0.4) is 0 Å². The molecule has 4 heteroatoms. The lowest BCUT2D eigenvalue weighted by Gasteiger charge is -2.29. The summed E-state index contributed by atoms with van der Waals surface area (Å²) in [5.41, 5.74) is 1.25. The van der Waals surface area contributed by atoms with Crippen LogP contribution >= 0.6 is 0 Å². The van der Waals surface area contributed by atoms with Gasteiger partial charge in [-0.25, -0.2) is 0 Å². The maximum absolute atomic E-state index is 11.6. The van der Waals surface area contributed by atoms with E-state index < -0.39 is 0 Å². The number of carbonyl (C=O) groups excluding carboxylic acids is 1. The molecule has 0 aromatic heterocycles. The molecule has 1 fully saturated rings. The Morgan fingerprint density at radius 3 is 2.45 bits per heavy atom. The number of rotatable bonds is 6. The molecule has 0 bridgehead atoms. The molecular formula is C18H26O4. The third kappa shape index (κ3) is 4.15. The number of benzene rings is 1. The molecule has 0 radical (unpaired) electrons. The van der Waals surface area contributed by atoms with Gasteiger partial charge < -0.3 is 14.2 Å². The van der Waals surface area contributed by atoms with E-state index in [2.05, 4.69) is 6.07 Å². The van der Waals surface area contributed by atoms with E-state index in [1.165, 1.54) is 5.56 Å². The number of methoxy groups -OCH3 is 2. The highest BCUT2D eigenvalue weighted by Gasteiger charge is 2.26. The minimum Gasteiger partial charge on any atom is -0.497 e. The SMILES string of the molecule is CCOC(=O)CC1CCC(c2ccc(OC)cc2OC)CC1. The Morgan fingerprint density at radius 2 is 1.86 bits per heavy atom. The predicted octanol–water partition coefficient (Wildman–Crippen LogP) is 3.93. The summed E-state index contributed by atoms with van der Waals surface area (Å²) in [5, 5.41) is 0. The molecular weight excluding hydrogens is 280 g/mol. The predicted molar refractivity (Wildman–Crippen MR) is 85.5 cm³/mol. The fourth-order valence-corrected chi connectivity index (χ4v) is 3.29. The highest BCUT2D eigenvalue weighted by molar-refractivity contribution is 5.69. The highest BCUT2D eigenvalue weighted by atomic mass is 16.5. The average molecular weight is 306 g/mol. The van der Waals surface area contributed by atoms with E-state index in [0.29, 0.717) is 24.9 Å². The molecule has 0 unspecified atom stereocenters. The van der Waals surface area contributed by atoms with Gasteiger partial charge in [0.2, 0.25) is 0 Å². The van der Waals surface area contributed by atoms with E-state index in [9.17, 15) is 4.79 Å². The summed E-state index contributed by atoms with van der Waals surface area (Å²) in [6.07, 6.45) is 4.87. The van der Waals surface area contributed by atoms with E-state index in [4.69, 9.17) is 14.2 Å². The first-order valence-corrected chi connectivity index (χ1v) is 8.05. The van der Waals surface area contributed by atoms with Crippen molar-refractivity contribution >= 4 is 5.97 Å². The van der Waals surface area contributed by atoms with Crippen molar-refractivity contribution in [3.8, 4) is 11.5 Å². The van der Waals surface area contributed by atoms with Crippen molar-refractivity contribution in [2.24, 2.45) is 5.92 Å². The van der Waals surface area contributed by atoms with E-state index >= 15 is 0 Å². The molecule has 122 valence electrons. The number of hydrogen-bond donors (Lipinski definition) is 0. The van der Waals surface area contributed by atoms with Crippen molar-refractivity contribution in [3.05, 3.63) is 23.8 Å². The van der Waals surface area contributed by atoms with Gasteiger partial charge >= 0.3 is 5.97 Å². The Balaban J connectivity index is 1.95. The van der Waals surface area contributed by atoms with Crippen LogP contribution < -0.4 is 9.47 Å². The lowest BCUT2D eigenvalue weighted by molar-refractivity contribution is -0.144. The standard InChI is InChI=1S/C18H26O4/c1-4-22-18(19)11-13-5-7-14(8-6-13)16-10-9-15(20-2)12-17(16)21-3/h9-10,12-14H,4-8,11H2,1-3H3. The maximum atomic E-state index is 11.6. The zero-order chi connectivity index (χ0) is 15.9. The molecule has 1 aromatic carbocycles. The number of carbonyl (C=O) groups is 1. The second kappa shape index (κ2) is 8.06. The second-order valence-electron chi connectivity index (χ2n) is 5.83. The van der Waals surface area contributed by atoms with Gasteiger partial charge in [-0.1, -0.05) is 6.07 Å². The summed E-state index contributed by atoms with van der Waals surface area (Å²) in [7, 11) is 3.36. The molecule has 0 spiro atoms. The molecule has 1 saturated carbocycles. The smallest absolute Gasteiger partial charge is 0.306 e. The third-order valence-electron chi connectivity index (χ3n) is 4.49. The van der Waals surface area contributed by atoms with Crippen LogP contribution in [0.5, 0.6) is 11.5 Å². The third-order valence-corrected chi connectivity index (χ3v) is 4.49. The Morgan fingerprint density at radius 1 is 1.14 bits per heavy atom. The molecule has 1 aliphatic rings. The molecule has 0 aliphatic heterocycles. The second-order valence-corrected chi connectivity index (χ2v) is 5.83. The van der Waals surface area contributed by atoms with E-state index in [-0.39, 0.29) is 5.97 Å². The quantitative estimate of drug-likeness (QED) is 0.747. The Labute approximate surface area is 132 Å². The summed E-state index contributed by atoms with van der Waals surface area (Å²) < 4.78 is 15.8. The minimum atomic E-state index is -0.0621. The van der Waals surface area contributed by atoms with Gasteiger partial charge in [0.25, 0.3) is 0 Å². The summed E-state index contributed by atoms with van der Waals surface area (Å²) >= 11 is 0. The monoisotopic (exact) mass is 306 g/mol. The Bertz CT molecular complexity index is 490. The van der Waals surface area contributed by atoms with Gasteiger partial charge in [0.15, 0.2) is 0 Å². The molecule has 1 aromatic rings. The van der Waals surface area contributed by atoms with Crippen LogP contribution in [0.15, 0.2) is 18.2 Å². The fraction of sp³-hybridized carbons (Fsp3) is 0.611. The summed E-state index contributed by atoms with van der Waals surface area (Å²) in [5.74, 6) is 2.61. The minimum absolute atomic E-state index is 0.0621. The van der Waals surface area contributed by atoms with Crippen LogP contribution in [0.2, 0.25) is 0 Å². The highest BCUT2D eigenvalue weighted by Crippen LogP contribution is 2.41. The Hall–Kier alpha value is -1.71. The molecule has 0 atom stereocenters. The van der Waals surface area contributed by atoms with Crippen LogP contribution in [0.1, 0.15) is 50.5 Å². The largest absolute Gasteiger partial charge is 0.497 e. The Kier molecular flexibility index (Phi) is 6.10. The van der Waals surface area contributed by atoms with Crippen LogP contribution in [-0.4, -0.2) is 26.8 Å². The van der Waals surface area contributed by atoms with Gasteiger partial charge in [-0.2, -0.15) is 0 Å². The van der Waals surface area contributed by atoms with Crippen molar-refractivity contribution in [1.29, 1.82) is 0 Å². The first kappa shape index (κ1) is 16.7. The summed E-state index contributed by atoms with van der Waals surface area (Å²) in [4.78, 5) is 11.6. The zero-order valence-corrected chi connectivity index (χ0v) is 13.8. The number of esters is 1. The normalized spacial score (nSPS) is 21.2. The molecule has 0 saturated heterocycles. The van der Waals surface area contributed by atoms with Crippen molar-refractivity contribution in [2.75, 3.05) is 20.8 Å². The van der Waals surface area contributed by atoms with Crippen LogP contribution in [0.4, 0.5) is 0 Å². The van der Waals surface area contributed by atoms with Gasteiger partial charge in [0, 0.05) is 12.5 Å². The van der Waals surface area contributed by atoms with Crippen LogP contribution in [0.25, 0.3) is 0 Å². The number of hydrogen-bond acceptors (Lipinski definition) is 4. The van der Waals surface area contributed by atoms with E-state index in [0.717, 1.165) is 37.2 Å². The summed E-state index contributed by atoms with van der Waals surface area (Å²) in [6, 6.07) is 6.04. The van der Waals surface area contributed by atoms with E-state index in [1.54, 1.807) is 14.2 Å². The number of ether oxygens (including phenoxy) is 3. The van der Waals surface area contributed by atoms with Crippen LogP contribution in [0, 0.1) is 5.92 Å². The van der Waals surface area contributed by atoms with Crippen molar-refractivity contribution in [2.45, 2.75) is 44.9 Å². The lowest BCUT2D eigenvalue weighted by Crippen LogP contribution is -2.18. The van der Waals surface area contributed by atoms with E-state index in [1.807, 2.05) is 19.1 Å². The first-order valence-electron chi connectivity index (χ1n) is 8.05. The first-order chi connectivity index (χ1) is 10.7. The topological polar surface area (TPSA) is 44.8 Å². The molecule has 0 amide bonds. The van der Waals surface area contributed by atoms with Gasteiger partial charge in [0.1, 0.15) is 11.5 Å². The maximum Gasteiger partial charge on any atom is 0.306 e.